The number of thiocarbonyl (C=S) groups is 1. The maximum atomic E-state index is 11.8. The first kappa shape index (κ1) is 18.8. The standard InChI is InChI=1S/C14H25N3O4S/c1-9(2)20-5-4-19-8-12-7-11(13(18)21-12)6-10(3)16-17-14(15)22/h9,11-12H,4-8H2,1-3H3,(H3,15,17,22)/b16-10+/t11-,12-/m0/s1. The van der Waals surface area contributed by atoms with E-state index in [4.69, 9.17) is 19.9 Å². The highest BCUT2D eigenvalue weighted by Crippen LogP contribution is 2.24. The number of esters is 1. The van der Waals surface area contributed by atoms with Gasteiger partial charge < -0.3 is 19.9 Å². The van der Waals surface area contributed by atoms with Crippen molar-refractivity contribution < 1.29 is 19.0 Å². The van der Waals surface area contributed by atoms with Crippen LogP contribution < -0.4 is 11.2 Å². The molecule has 2 atom stereocenters. The normalized spacial score (nSPS) is 22.0. The van der Waals surface area contributed by atoms with E-state index >= 15 is 0 Å². The maximum absolute atomic E-state index is 11.8. The molecular weight excluding hydrogens is 306 g/mol. The van der Waals surface area contributed by atoms with Gasteiger partial charge >= 0.3 is 5.97 Å². The highest BCUT2D eigenvalue weighted by Gasteiger charge is 2.34. The van der Waals surface area contributed by atoms with Crippen molar-refractivity contribution in [3.05, 3.63) is 0 Å². The Morgan fingerprint density at radius 3 is 2.91 bits per heavy atom. The van der Waals surface area contributed by atoms with Gasteiger partial charge in [-0.1, -0.05) is 0 Å². The maximum Gasteiger partial charge on any atom is 0.309 e. The molecule has 22 heavy (non-hydrogen) atoms. The van der Waals surface area contributed by atoms with Gasteiger partial charge in [0.2, 0.25) is 0 Å². The fourth-order valence-corrected chi connectivity index (χ4v) is 2.15. The molecule has 0 aromatic rings. The van der Waals surface area contributed by atoms with Gasteiger partial charge in [-0.15, -0.1) is 0 Å². The van der Waals surface area contributed by atoms with E-state index in [0.29, 0.717) is 32.7 Å². The Morgan fingerprint density at radius 1 is 1.55 bits per heavy atom. The number of hydrazone groups is 1. The Bertz CT molecular complexity index is 415. The number of hydrogen-bond donors (Lipinski definition) is 2. The lowest BCUT2D eigenvalue weighted by atomic mass is 9.99. The molecule has 1 aliphatic heterocycles. The largest absolute Gasteiger partial charge is 0.460 e. The van der Waals surface area contributed by atoms with Crippen LogP contribution in [-0.2, 0) is 19.0 Å². The van der Waals surface area contributed by atoms with Crippen LogP contribution in [0.4, 0.5) is 0 Å². The zero-order chi connectivity index (χ0) is 16.5. The number of hydrogen-bond acceptors (Lipinski definition) is 6. The molecule has 7 nitrogen and oxygen atoms in total. The van der Waals surface area contributed by atoms with Crippen molar-refractivity contribution in [1.29, 1.82) is 0 Å². The van der Waals surface area contributed by atoms with Crippen molar-refractivity contribution in [1.82, 2.24) is 5.43 Å². The first-order chi connectivity index (χ1) is 10.4. The molecule has 8 heteroatoms. The van der Waals surface area contributed by atoms with E-state index < -0.39 is 0 Å². The van der Waals surface area contributed by atoms with Gasteiger partial charge in [-0.2, -0.15) is 5.10 Å². The average molecular weight is 331 g/mol. The van der Waals surface area contributed by atoms with Crippen molar-refractivity contribution in [2.24, 2.45) is 16.8 Å². The van der Waals surface area contributed by atoms with Gasteiger partial charge in [0, 0.05) is 18.6 Å². The Kier molecular flexibility index (Phi) is 8.29. The summed E-state index contributed by atoms with van der Waals surface area (Å²) in [6.45, 7) is 7.18. The van der Waals surface area contributed by atoms with Gasteiger partial charge in [0.25, 0.3) is 0 Å². The summed E-state index contributed by atoms with van der Waals surface area (Å²) in [6, 6.07) is 0. The molecule has 1 heterocycles. The minimum absolute atomic E-state index is 0.100. The minimum Gasteiger partial charge on any atom is -0.460 e. The zero-order valence-corrected chi connectivity index (χ0v) is 14.1. The summed E-state index contributed by atoms with van der Waals surface area (Å²) in [6.07, 6.45) is 1.13. The molecule has 126 valence electrons. The van der Waals surface area contributed by atoms with Crippen LogP contribution in [0, 0.1) is 5.92 Å². The number of cyclic esters (lactones) is 1. The van der Waals surface area contributed by atoms with Gasteiger partial charge in [0.1, 0.15) is 6.10 Å². The van der Waals surface area contributed by atoms with E-state index in [-0.39, 0.29) is 29.2 Å². The second-order valence-electron chi connectivity index (χ2n) is 5.51. The lowest BCUT2D eigenvalue weighted by Gasteiger charge is -2.11. The fourth-order valence-electron chi connectivity index (χ4n) is 2.10. The smallest absolute Gasteiger partial charge is 0.309 e. The first-order valence-corrected chi connectivity index (χ1v) is 7.77. The molecule has 1 saturated heterocycles. The molecule has 0 aromatic carbocycles. The summed E-state index contributed by atoms with van der Waals surface area (Å²) in [4.78, 5) is 11.8. The fraction of sp³-hybridized carbons (Fsp3) is 0.786. The zero-order valence-electron chi connectivity index (χ0n) is 13.3. The summed E-state index contributed by atoms with van der Waals surface area (Å²) >= 11 is 4.66. The van der Waals surface area contributed by atoms with Crippen molar-refractivity contribution in [2.75, 3.05) is 19.8 Å². The summed E-state index contributed by atoms with van der Waals surface area (Å²) in [5.41, 5.74) is 8.55. The first-order valence-electron chi connectivity index (χ1n) is 7.37. The van der Waals surface area contributed by atoms with Gasteiger partial charge in [-0.25, -0.2) is 0 Å². The second kappa shape index (κ2) is 9.70. The predicted octanol–water partition coefficient (Wildman–Crippen LogP) is 0.959. The number of nitrogens with one attached hydrogen (secondary N) is 1. The molecule has 0 spiro atoms. The topological polar surface area (TPSA) is 95.2 Å². The van der Waals surface area contributed by atoms with Gasteiger partial charge in [-0.3, -0.25) is 10.2 Å². The van der Waals surface area contributed by atoms with Gasteiger partial charge in [0.15, 0.2) is 5.11 Å². The molecule has 0 aliphatic carbocycles. The van der Waals surface area contributed by atoms with Crippen LogP contribution in [-0.4, -0.2) is 48.8 Å². The molecule has 1 rings (SSSR count). The van der Waals surface area contributed by atoms with Crippen LogP contribution in [0.5, 0.6) is 0 Å². The van der Waals surface area contributed by atoms with E-state index in [9.17, 15) is 4.79 Å². The Balaban J connectivity index is 2.25. The molecular formula is C14H25N3O4S. The predicted molar refractivity (Wildman–Crippen MR) is 87.5 cm³/mol. The Hall–Kier alpha value is -1.25. The van der Waals surface area contributed by atoms with Crippen LogP contribution in [0.15, 0.2) is 5.10 Å². The Morgan fingerprint density at radius 2 is 2.27 bits per heavy atom. The van der Waals surface area contributed by atoms with Gasteiger partial charge in [-0.05, 0) is 33.0 Å². The lowest BCUT2D eigenvalue weighted by molar-refractivity contribution is -0.146. The lowest BCUT2D eigenvalue weighted by Crippen LogP contribution is -2.25. The van der Waals surface area contributed by atoms with Crippen molar-refractivity contribution in [3.8, 4) is 0 Å². The third-order valence-electron chi connectivity index (χ3n) is 3.04. The number of nitrogens with zero attached hydrogens (tertiary/aromatic N) is 1. The Labute approximate surface area is 136 Å². The van der Waals surface area contributed by atoms with Gasteiger partial charge in [0.05, 0.1) is 31.8 Å². The highest BCUT2D eigenvalue weighted by molar-refractivity contribution is 7.80. The summed E-state index contributed by atoms with van der Waals surface area (Å²) in [7, 11) is 0. The average Bonchev–Trinajstić information content (AvgIpc) is 2.76. The van der Waals surface area contributed by atoms with E-state index in [1.165, 1.54) is 0 Å². The molecule has 1 fully saturated rings. The van der Waals surface area contributed by atoms with Crippen molar-refractivity contribution >= 4 is 29.0 Å². The third-order valence-corrected chi connectivity index (χ3v) is 3.14. The number of nitrogens with two attached hydrogens (primary N) is 1. The molecule has 0 saturated carbocycles. The number of ether oxygens (including phenoxy) is 3. The molecule has 1 aliphatic rings. The van der Waals surface area contributed by atoms with Crippen LogP contribution >= 0.6 is 12.2 Å². The van der Waals surface area contributed by atoms with E-state index in [1.807, 2.05) is 20.8 Å². The molecule has 0 unspecified atom stereocenters. The highest BCUT2D eigenvalue weighted by atomic mass is 32.1. The van der Waals surface area contributed by atoms with E-state index in [2.05, 4.69) is 22.7 Å². The van der Waals surface area contributed by atoms with Crippen molar-refractivity contribution in [2.45, 2.75) is 45.8 Å². The minimum atomic E-state index is -0.211. The van der Waals surface area contributed by atoms with E-state index in [0.717, 1.165) is 5.71 Å². The van der Waals surface area contributed by atoms with Crippen LogP contribution in [0.1, 0.15) is 33.6 Å². The molecule has 0 bridgehead atoms. The molecule has 0 radical (unpaired) electrons. The van der Waals surface area contributed by atoms with Crippen molar-refractivity contribution in [3.63, 3.8) is 0 Å². The number of rotatable bonds is 9. The third kappa shape index (κ3) is 7.67. The summed E-state index contributed by atoms with van der Waals surface area (Å²) < 4.78 is 16.1. The molecule has 0 amide bonds. The summed E-state index contributed by atoms with van der Waals surface area (Å²) in [5, 5.41) is 4.09. The van der Waals surface area contributed by atoms with Crippen LogP contribution in [0.2, 0.25) is 0 Å². The van der Waals surface area contributed by atoms with Crippen LogP contribution in [0.25, 0.3) is 0 Å². The number of carbonyl (C=O) groups is 1. The SMILES string of the molecule is C/C(C[C@H]1C[C@@H](COCCOC(C)C)OC1=O)=N\NC(N)=S. The second-order valence-corrected chi connectivity index (χ2v) is 5.95. The monoisotopic (exact) mass is 331 g/mol. The molecule has 0 aromatic heterocycles. The quantitative estimate of drug-likeness (QED) is 0.214. The van der Waals surface area contributed by atoms with E-state index in [1.54, 1.807) is 0 Å². The summed E-state index contributed by atoms with van der Waals surface area (Å²) in [5.74, 6) is -0.408. The van der Waals surface area contributed by atoms with Crippen LogP contribution in [0.3, 0.4) is 0 Å². The molecule has 3 N–H and O–H groups in total. The number of carbonyl (C=O) groups excluding carboxylic acids is 1.